The van der Waals surface area contributed by atoms with E-state index in [0.717, 1.165) is 24.7 Å². The fraction of sp³-hybridized carbons (Fsp3) is 0.412. The highest BCUT2D eigenvalue weighted by Crippen LogP contribution is 2.15. The zero-order valence-corrected chi connectivity index (χ0v) is 12.6. The minimum absolute atomic E-state index is 0.00459. The summed E-state index contributed by atoms with van der Waals surface area (Å²) >= 11 is 0. The molecule has 0 spiro atoms. The van der Waals surface area contributed by atoms with Crippen LogP contribution in [0, 0.1) is 5.92 Å². The zero-order chi connectivity index (χ0) is 15.7. The van der Waals surface area contributed by atoms with Gasteiger partial charge in [-0.15, -0.1) is 0 Å². The van der Waals surface area contributed by atoms with Crippen molar-refractivity contribution in [1.29, 1.82) is 0 Å². The first-order valence-electron chi connectivity index (χ1n) is 7.11. The highest BCUT2D eigenvalue weighted by molar-refractivity contribution is 5.97. The van der Waals surface area contributed by atoms with Crippen LogP contribution in [0.1, 0.15) is 37.0 Å². The summed E-state index contributed by atoms with van der Waals surface area (Å²) in [5.74, 6) is 0.459. The molecule has 0 aliphatic rings. The largest absolute Gasteiger partial charge is 0.494 e. The third-order valence-corrected chi connectivity index (χ3v) is 2.88. The van der Waals surface area contributed by atoms with Crippen LogP contribution in [-0.4, -0.2) is 25.0 Å². The number of ether oxygens (including phenoxy) is 2. The number of hydrogen-bond donors (Lipinski definition) is 0. The van der Waals surface area contributed by atoms with Gasteiger partial charge in [-0.25, -0.2) is 4.79 Å². The van der Waals surface area contributed by atoms with Gasteiger partial charge in [0.2, 0.25) is 0 Å². The van der Waals surface area contributed by atoms with Gasteiger partial charge in [0.25, 0.3) is 0 Å². The van der Waals surface area contributed by atoms with E-state index >= 15 is 0 Å². The first kappa shape index (κ1) is 17.0. The summed E-state index contributed by atoms with van der Waals surface area (Å²) in [4.78, 5) is 22.6. The Hall–Kier alpha value is -2.10. The van der Waals surface area contributed by atoms with Crippen molar-refractivity contribution in [3.8, 4) is 5.75 Å². The molecule has 1 rings (SSSR count). The molecule has 0 aliphatic heterocycles. The highest BCUT2D eigenvalue weighted by Gasteiger charge is 2.09. The quantitative estimate of drug-likeness (QED) is 0.303. The van der Waals surface area contributed by atoms with E-state index in [9.17, 15) is 9.59 Å². The van der Waals surface area contributed by atoms with Gasteiger partial charge in [0.05, 0.1) is 13.2 Å². The van der Waals surface area contributed by atoms with Crippen LogP contribution in [0.2, 0.25) is 0 Å². The van der Waals surface area contributed by atoms with E-state index in [4.69, 9.17) is 9.47 Å². The maximum atomic E-state index is 11.8. The highest BCUT2D eigenvalue weighted by atomic mass is 16.5. The molecule has 0 N–H and O–H groups in total. The van der Waals surface area contributed by atoms with Crippen molar-refractivity contribution in [3.63, 3.8) is 0 Å². The lowest BCUT2D eigenvalue weighted by atomic mass is 10.0. The number of Topliss-reactive ketones (excluding diaryl/α,β-unsaturated/α-hetero) is 1. The molecule has 4 nitrogen and oxygen atoms in total. The van der Waals surface area contributed by atoms with Crippen LogP contribution in [0.25, 0.3) is 0 Å². The van der Waals surface area contributed by atoms with Crippen molar-refractivity contribution >= 4 is 11.8 Å². The number of carbonyl (C=O) groups excluding carboxylic acids is 2. The predicted molar refractivity (Wildman–Crippen MR) is 81.5 cm³/mol. The smallest absolute Gasteiger partial charge is 0.330 e. The lowest BCUT2D eigenvalue weighted by molar-refractivity contribution is -0.137. The summed E-state index contributed by atoms with van der Waals surface area (Å²) in [7, 11) is 0. The molecule has 0 saturated heterocycles. The van der Waals surface area contributed by atoms with Crippen molar-refractivity contribution in [2.75, 3.05) is 13.2 Å². The van der Waals surface area contributed by atoms with Crippen LogP contribution >= 0.6 is 0 Å². The summed E-state index contributed by atoms with van der Waals surface area (Å²) in [5.41, 5.74) is 0.702. The normalized spacial score (nSPS) is 10.2. The summed E-state index contributed by atoms with van der Waals surface area (Å²) in [6, 6.07) is 7.16. The fourth-order valence-corrected chi connectivity index (χ4v) is 1.67. The van der Waals surface area contributed by atoms with Crippen molar-refractivity contribution in [2.24, 2.45) is 5.92 Å². The van der Waals surface area contributed by atoms with E-state index in [-0.39, 0.29) is 11.7 Å². The van der Waals surface area contributed by atoms with Crippen LogP contribution in [0.5, 0.6) is 5.75 Å². The van der Waals surface area contributed by atoms with Gasteiger partial charge in [0.15, 0.2) is 5.78 Å². The third-order valence-electron chi connectivity index (χ3n) is 2.88. The van der Waals surface area contributed by atoms with Gasteiger partial charge in [-0.2, -0.15) is 0 Å². The summed E-state index contributed by atoms with van der Waals surface area (Å²) in [6.07, 6.45) is 2.68. The monoisotopic (exact) mass is 290 g/mol. The Kier molecular flexibility index (Phi) is 7.23. The summed E-state index contributed by atoms with van der Waals surface area (Å²) in [5, 5.41) is 0. The van der Waals surface area contributed by atoms with Crippen molar-refractivity contribution in [1.82, 2.24) is 0 Å². The number of unbranched alkanes of at least 4 members (excludes halogenated alkanes) is 1. The van der Waals surface area contributed by atoms with Crippen molar-refractivity contribution in [3.05, 3.63) is 42.5 Å². The molecule has 0 heterocycles. The maximum absolute atomic E-state index is 11.8. The van der Waals surface area contributed by atoms with Crippen LogP contribution in [-0.2, 0) is 9.53 Å². The molecule has 1 aromatic carbocycles. The second-order valence-electron chi connectivity index (χ2n) is 4.97. The molecule has 0 aliphatic carbocycles. The molecule has 1 aromatic rings. The first-order valence-corrected chi connectivity index (χ1v) is 7.11. The number of ketones is 1. The van der Waals surface area contributed by atoms with Gasteiger partial charge >= 0.3 is 5.97 Å². The molecule has 0 fully saturated rings. The van der Waals surface area contributed by atoms with Gasteiger partial charge in [-0.3, -0.25) is 4.79 Å². The molecule has 0 saturated carbocycles. The topological polar surface area (TPSA) is 52.6 Å². The fourth-order valence-electron chi connectivity index (χ4n) is 1.67. The number of rotatable bonds is 9. The van der Waals surface area contributed by atoms with E-state index in [1.807, 2.05) is 13.8 Å². The second-order valence-corrected chi connectivity index (χ2v) is 4.97. The average Bonchev–Trinajstić information content (AvgIpc) is 2.50. The Morgan fingerprint density at radius 2 is 1.76 bits per heavy atom. The molecule has 0 unspecified atom stereocenters. The first-order chi connectivity index (χ1) is 10.0. The Morgan fingerprint density at radius 3 is 2.33 bits per heavy atom. The van der Waals surface area contributed by atoms with Gasteiger partial charge in [-0.1, -0.05) is 20.4 Å². The van der Waals surface area contributed by atoms with Crippen LogP contribution < -0.4 is 4.74 Å². The number of carbonyl (C=O) groups is 2. The molecule has 0 bridgehead atoms. The molecular formula is C17H22O4. The van der Waals surface area contributed by atoms with Crippen LogP contribution in [0.3, 0.4) is 0 Å². The Balaban J connectivity index is 2.25. The van der Waals surface area contributed by atoms with Gasteiger partial charge in [-0.05, 0) is 37.1 Å². The third kappa shape index (κ3) is 6.25. The lowest BCUT2D eigenvalue weighted by Crippen LogP contribution is -2.07. The SMILES string of the molecule is C=CC(=O)OCCCCOc1ccc(C(=O)C(C)C)cc1. The molecule has 0 amide bonds. The minimum atomic E-state index is -0.402. The van der Waals surface area contributed by atoms with E-state index in [0.29, 0.717) is 18.8 Å². The average molecular weight is 290 g/mol. The predicted octanol–water partition coefficient (Wildman–Crippen LogP) is 3.41. The van der Waals surface area contributed by atoms with E-state index in [1.54, 1.807) is 24.3 Å². The van der Waals surface area contributed by atoms with Crippen LogP contribution in [0.4, 0.5) is 0 Å². The molecule has 0 atom stereocenters. The lowest BCUT2D eigenvalue weighted by Gasteiger charge is -2.08. The molecule has 21 heavy (non-hydrogen) atoms. The Bertz CT molecular complexity index is 474. The molecular weight excluding hydrogens is 268 g/mol. The van der Waals surface area contributed by atoms with E-state index in [1.165, 1.54) is 0 Å². The maximum Gasteiger partial charge on any atom is 0.330 e. The van der Waals surface area contributed by atoms with Crippen molar-refractivity contribution in [2.45, 2.75) is 26.7 Å². The molecule has 0 radical (unpaired) electrons. The summed E-state index contributed by atoms with van der Waals surface area (Å²) < 4.78 is 10.4. The van der Waals surface area contributed by atoms with Gasteiger partial charge in [0, 0.05) is 17.6 Å². The second kappa shape index (κ2) is 8.95. The summed E-state index contributed by atoms with van der Waals surface area (Å²) in [6.45, 7) is 8.00. The standard InChI is InChI=1S/C17H22O4/c1-4-16(18)21-12-6-5-11-20-15-9-7-14(8-10-15)17(19)13(2)3/h4,7-10,13H,1,5-6,11-12H2,2-3H3. The van der Waals surface area contributed by atoms with E-state index < -0.39 is 5.97 Å². The number of esters is 1. The minimum Gasteiger partial charge on any atom is -0.494 e. The van der Waals surface area contributed by atoms with Gasteiger partial charge < -0.3 is 9.47 Å². The van der Waals surface area contributed by atoms with Crippen molar-refractivity contribution < 1.29 is 19.1 Å². The van der Waals surface area contributed by atoms with E-state index in [2.05, 4.69) is 6.58 Å². The molecule has 114 valence electrons. The molecule has 4 heteroatoms. The van der Waals surface area contributed by atoms with Gasteiger partial charge in [0.1, 0.15) is 5.75 Å². The Morgan fingerprint density at radius 1 is 1.14 bits per heavy atom. The number of hydrogen-bond acceptors (Lipinski definition) is 4. The van der Waals surface area contributed by atoms with Crippen LogP contribution in [0.15, 0.2) is 36.9 Å². The zero-order valence-electron chi connectivity index (χ0n) is 12.6. The molecule has 0 aromatic heterocycles. The number of benzene rings is 1. The Labute approximate surface area is 125 Å².